The molecule has 26 heavy (non-hydrogen) atoms. The van der Waals surface area contributed by atoms with Gasteiger partial charge in [-0.25, -0.2) is 0 Å². The third-order valence-corrected chi connectivity index (χ3v) is 5.70. The van der Waals surface area contributed by atoms with Crippen molar-refractivity contribution in [3.8, 4) is 0 Å². The van der Waals surface area contributed by atoms with Gasteiger partial charge in [-0.1, -0.05) is 82.7 Å². The maximum absolute atomic E-state index is 12.7. The van der Waals surface area contributed by atoms with Crippen LogP contribution >= 0.6 is 15.9 Å². The van der Waals surface area contributed by atoms with Crippen molar-refractivity contribution in [2.75, 3.05) is 0 Å². The zero-order chi connectivity index (χ0) is 18.4. The lowest BCUT2D eigenvalue weighted by molar-refractivity contribution is -0.119. The van der Waals surface area contributed by atoms with Gasteiger partial charge in [0.15, 0.2) is 5.78 Å². The van der Waals surface area contributed by atoms with E-state index in [2.05, 4.69) is 58.4 Å². The maximum atomic E-state index is 12.7. The first-order valence-corrected chi connectivity index (χ1v) is 10.1. The topological polar surface area (TPSA) is 17.1 Å². The van der Waals surface area contributed by atoms with Crippen molar-refractivity contribution >= 4 is 27.3 Å². The Kier molecular flexibility index (Phi) is 6.62. The van der Waals surface area contributed by atoms with Crippen molar-refractivity contribution in [1.29, 1.82) is 0 Å². The average molecular weight is 409 g/mol. The molecule has 1 aliphatic rings. The van der Waals surface area contributed by atoms with E-state index in [1.807, 2.05) is 31.2 Å². The van der Waals surface area contributed by atoms with E-state index in [1.54, 1.807) is 6.08 Å². The van der Waals surface area contributed by atoms with Gasteiger partial charge in [0.25, 0.3) is 0 Å². The lowest BCUT2D eigenvalue weighted by Crippen LogP contribution is -2.19. The van der Waals surface area contributed by atoms with Crippen LogP contribution in [0.25, 0.3) is 5.57 Å². The minimum Gasteiger partial charge on any atom is -0.295 e. The Labute approximate surface area is 165 Å². The number of halogens is 1. The summed E-state index contributed by atoms with van der Waals surface area (Å²) < 4.78 is 1.04. The summed E-state index contributed by atoms with van der Waals surface area (Å²) in [7, 11) is 0. The summed E-state index contributed by atoms with van der Waals surface area (Å²) in [5.41, 5.74) is 3.61. The number of allylic oxidation sites excluding steroid dienone is 4. The summed E-state index contributed by atoms with van der Waals surface area (Å²) in [5.74, 6) is 1.03. The van der Waals surface area contributed by atoms with Crippen molar-refractivity contribution in [1.82, 2.24) is 0 Å². The summed E-state index contributed by atoms with van der Waals surface area (Å²) in [6.07, 6.45) is 7.92. The van der Waals surface area contributed by atoms with Crippen LogP contribution < -0.4 is 0 Å². The molecule has 1 aliphatic carbocycles. The van der Waals surface area contributed by atoms with Crippen LogP contribution in [0.2, 0.25) is 0 Å². The molecule has 2 aromatic carbocycles. The van der Waals surface area contributed by atoms with Gasteiger partial charge in [-0.3, -0.25) is 4.79 Å². The van der Waals surface area contributed by atoms with Crippen molar-refractivity contribution in [2.45, 2.75) is 38.5 Å². The standard InChI is InChI=1S/C24H25BrO/c1-18(25)23(21-10-6-3-7-11-21)16-17-24(26)22-14-12-20(13-15-22)19-8-4-2-5-9-19/h2-11,16-17,20,22H,12-15H2,1H3/b17-16+,23-18+. The number of hydrogen-bond acceptors (Lipinski definition) is 1. The molecule has 0 atom stereocenters. The van der Waals surface area contributed by atoms with Gasteiger partial charge in [0, 0.05) is 5.92 Å². The van der Waals surface area contributed by atoms with E-state index in [0.717, 1.165) is 41.3 Å². The Balaban J connectivity index is 1.62. The number of ketones is 1. The SMILES string of the molecule is C/C(Br)=C(/C=C/C(=O)C1CCC(c2ccccc2)CC1)c1ccccc1. The zero-order valence-corrected chi connectivity index (χ0v) is 16.8. The Morgan fingerprint density at radius 2 is 1.46 bits per heavy atom. The first-order valence-electron chi connectivity index (χ1n) is 9.34. The molecule has 134 valence electrons. The molecule has 2 heteroatoms. The van der Waals surface area contributed by atoms with Crippen molar-refractivity contribution in [3.05, 3.63) is 88.4 Å². The molecule has 1 nitrogen and oxygen atoms in total. The largest absolute Gasteiger partial charge is 0.295 e. The van der Waals surface area contributed by atoms with Crippen LogP contribution in [0.15, 0.2) is 77.3 Å². The molecule has 0 aromatic heterocycles. The maximum Gasteiger partial charge on any atom is 0.158 e. The quantitative estimate of drug-likeness (QED) is 0.387. The highest BCUT2D eigenvalue weighted by atomic mass is 79.9. The predicted molar refractivity (Wildman–Crippen MR) is 113 cm³/mol. The Morgan fingerprint density at radius 3 is 2.04 bits per heavy atom. The van der Waals surface area contributed by atoms with Crippen molar-refractivity contribution in [3.63, 3.8) is 0 Å². The molecule has 0 spiro atoms. The smallest absolute Gasteiger partial charge is 0.158 e. The Hall–Kier alpha value is -1.93. The lowest BCUT2D eigenvalue weighted by atomic mass is 9.77. The number of rotatable bonds is 5. The van der Waals surface area contributed by atoms with Gasteiger partial charge in [0.2, 0.25) is 0 Å². The van der Waals surface area contributed by atoms with E-state index in [9.17, 15) is 4.79 Å². The molecule has 1 fully saturated rings. The zero-order valence-electron chi connectivity index (χ0n) is 15.2. The molecule has 0 unspecified atom stereocenters. The van der Waals surface area contributed by atoms with Gasteiger partial charge >= 0.3 is 0 Å². The second-order valence-corrected chi connectivity index (χ2v) is 8.20. The normalized spacial score (nSPS) is 21.5. The van der Waals surface area contributed by atoms with Crippen LogP contribution in [0.5, 0.6) is 0 Å². The van der Waals surface area contributed by atoms with E-state index >= 15 is 0 Å². The molecule has 1 saturated carbocycles. The van der Waals surface area contributed by atoms with Crippen LogP contribution in [0.4, 0.5) is 0 Å². The molecule has 0 aliphatic heterocycles. The van der Waals surface area contributed by atoms with E-state index in [4.69, 9.17) is 0 Å². The second-order valence-electron chi connectivity index (χ2n) is 7.01. The molecule has 0 N–H and O–H groups in total. The fourth-order valence-electron chi connectivity index (χ4n) is 3.77. The van der Waals surface area contributed by atoms with Gasteiger partial charge < -0.3 is 0 Å². The molecule has 3 rings (SSSR count). The van der Waals surface area contributed by atoms with E-state index in [1.165, 1.54) is 5.56 Å². The van der Waals surface area contributed by atoms with E-state index < -0.39 is 0 Å². The lowest BCUT2D eigenvalue weighted by Gasteiger charge is -2.27. The summed E-state index contributed by atoms with van der Waals surface area (Å²) in [5, 5.41) is 0. The molecule has 0 saturated heterocycles. The summed E-state index contributed by atoms with van der Waals surface area (Å²) in [6.45, 7) is 2.02. The van der Waals surface area contributed by atoms with Crippen LogP contribution in [-0.4, -0.2) is 5.78 Å². The minimum absolute atomic E-state index is 0.166. The third kappa shape index (κ3) is 4.82. The van der Waals surface area contributed by atoms with Gasteiger partial charge in [-0.2, -0.15) is 0 Å². The monoisotopic (exact) mass is 408 g/mol. The molecule has 2 aromatic rings. The van der Waals surface area contributed by atoms with Gasteiger partial charge in [-0.15, -0.1) is 0 Å². The number of carbonyl (C=O) groups is 1. The molecule has 0 radical (unpaired) electrons. The highest BCUT2D eigenvalue weighted by molar-refractivity contribution is 9.11. The Bertz CT molecular complexity index is 777. The predicted octanol–water partition coefficient (Wildman–Crippen LogP) is 6.91. The van der Waals surface area contributed by atoms with E-state index in [-0.39, 0.29) is 11.7 Å². The fourth-order valence-corrected chi connectivity index (χ4v) is 4.13. The number of benzene rings is 2. The van der Waals surface area contributed by atoms with Crippen LogP contribution in [0.1, 0.15) is 49.7 Å². The van der Waals surface area contributed by atoms with Gasteiger partial charge in [-0.05, 0) is 65.8 Å². The molecule has 0 bridgehead atoms. The first-order chi connectivity index (χ1) is 12.6. The fraction of sp³-hybridized carbons (Fsp3) is 0.292. The van der Waals surface area contributed by atoms with Crippen molar-refractivity contribution in [2.24, 2.45) is 5.92 Å². The number of carbonyl (C=O) groups excluding carboxylic acids is 1. The molecule has 0 amide bonds. The van der Waals surface area contributed by atoms with Crippen LogP contribution in [0, 0.1) is 5.92 Å². The van der Waals surface area contributed by atoms with Gasteiger partial charge in [0.1, 0.15) is 0 Å². The summed E-state index contributed by atoms with van der Waals surface area (Å²) >= 11 is 3.57. The second kappa shape index (κ2) is 9.14. The van der Waals surface area contributed by atoms with Crippen LogP contribution in [-0.2, 0) is 4.79 Å². The third-order valence-electron chi connectivity index (χ3n) is 5.27. The Morgan fingerprint density at radius 1 is 0.885 bits per heavy atom. The van der Waals surface area contributed by atoms with Crippen LogP contribution in [0.3, 0.4) is 0 Å². The minimum atomic E-state index is 0.166. The molecular formula is C24H25BrO. The van der Waals surface area contributed by atoms with Gasteiger partial charge in [0.05, 0.1) is 0 Å². The van der Waals surface area contributed by atoms with E-state index in [0.29, 0.717) is 5.92 Å². The average Bonchev–Trinajstić information content (AvgIpc) is 2.69. The highest BCUT2D eigenvalue weighted by Crippen LogP contribution is 2.36. The number of hydrogen-bond donors (Lipinski definition) is 0. The summed E-state index contributed by atoms with van der Waals surface area (Å²) in [6, 6.07) is 20.9. The molecule has 0 heterocycles. The van der Waals surface area contributed by atoms with Crippen molar-refractivity contribution < 1.29 is 4.79 Å². The highest BCUT2D eigenvalue weighted by Gasteiger charge is 2.25. The summed E-state index contributed by atoms with van der Waals surface area (Å²) in [4.78, 5) is 12.7. The first kappa shape index (κ1) is 18.8. The molecular weight excluding hydrogens is 384 g/mol.